The number of aromatic nitrogens is 1. The highest BCUT2D eigenvalue weighted by atomic mass is 32.1. The highest BCUT2D eigenvalue weighted by molar-refractivity contribution is 7.23. The third-order valence-corrected chi connectivity index (χ3v) is 9.01. The molecule has 3 amide bonds. The molecule has 2 N–H and O–H groups in total. The van der Waals surface area contributed by atoms with Gasteiger partial charge in [0.25, 0.3) is 5.91 Å². The van der Waals surface area contributed by atoms with Crippen LogP contribution in [0, 0.1) is 0 Å². The summed E-state index contributed by atoms with van der Waals surface area (Å²) in [7, 11) is 0. The molecule has 0 saturated carbocycles. The molecule has 10 heteroatoms. The van der Waals surface area contributed by atoms with E-state index in [1.54, 1.807) is 11.1 Å². The number of ketones is 1. The lowest BCUT2D eigenvalue weighted by Gasteiger charge is -2.44. The summed E-state index contributed by atoms with van der Waals surface area (Å²) in [5.74, 6) is 0.528. The number of fused-ring (bicyclic) bond motifs is 2. The van der Waals surface area contributed by atoms with Gasteiger partial charge >= 0.3 is 6.03 Å². The molecule has 2 aromatic carbocycles. The number of amides is 3. The van der Waals surface area contributed by atoms with Gasteiger partial charge in [-0.2, -0.15) is 0 Å². The third-order valence-electron chi connectivity index (χ3n) is 7.10. The number of piperidine rings is 1. The maximum Gasteiger partial charge on any atom is 0.319 e. The number of Topliss-reactive ketones (excluding diaryl/α,β-unsaturated/α-hetero) is 1. The normalized spacial score (nSPS) is 16.2. The molecule has 0 unspecified atom stereocenters. The quantitative estimate of drug-likeness (QED) is 0.337. The fourth-order valence-corrected chi connectivity index (χ4v) is 6.93. The van der Waals surface area contributed by atoms with Crippen LogP contribution in [0.3, 0.4) is 0 Å². The van der Waals surface area contributed by atoms with E-state index in [2.05, 4.69) is 15.6 Å². The fourth-order valence-electron chi connectivity index (χ4n) is 5.20. The molecule has 8 nitrogen and oxygen atoms in total. The molecular weight excluding hydrogens is 520 g/mol. The minimum Gasteiger partial charge on any atom is -0.486 e. The third kappa shape index (κ3) is 4.43. The van der Waals surface area contributed by atoms with E-state index in [-0.39, 0.29) is 24.1 Å². The molecule has 2 aliphatic heterocycles. The molecule has 1 saturated heterocycles. The highest BCUT2D eigenvalue weighted by Gasteiger charge is 2.44. The number of nitrogens with one attached hydrogen (secondary N) is 2. The fraction of sp³-hybridized carbons (Fsp3) is 0.286. The van der Waals surface area contributed by atoms with Crippen LogP contribution in [0.5, 0.6) is 5.75 Å². The number of anilines is 1. The second-order valence-corrected chi connectivity index (χ2v) is 11.5. The average Bonchev–Trinajstić information content (AvgIpc) is 3.57. The molecule has 0 bridgehead atoms. The predicted octanol–water partition coefficient (Wildman–Crippen LogP) is 5.81. The number of likely N-dealkylation sites (tertiary alicyclic amines) is 1. The maximum absolute atomic E-state index is 13.8. The Morgan fingerprint density at radius 2 is 1.97 bits per heavy atom. The molecule has 1 spiro atoms. The Morgan fingerprint density at radius 3 is 2.74 bits per heavy atom. The van der Waals surface area contributed by atoms with Crippen LogP contribution >= 0.6 is 22.7 Å². The van der Waals surface area contributed by atoms with Crippen molar-refractivity contribution in [1.82, 2.24) is 15.2 Å². The summed E-state index contributed by atoms with van der Waals surface area (Å²) in [4.78, 5) is 45.4. The van der Waals surface area contributed by atoms with Gasteiger partial charge in [0.15, 0.2) is 5.78 Å². The molecular formula is C28H26N4O4S2. The van der Waals surface area contributed by atoms with Gasteiger partial charge in [0.05, 0.1) is 17.5 Å². The number of thiophene rings is 1. The largest absolute Gasteiger partial charge is 0.486 e. The zero-order chi connectivity index (χ0) is 26.3. The lowest BCUT2D eigenvalue weighted by atomic mass is 9.82. The minimum atomic E-state index is -0.623. The van der Waals surface area contributed by atoms with E-state index in [0.717, 1.165) is 20.7 Å². The van der Waals surface area contributed by atoms with Gasteiger partial charge < -0.3 is 15.0 Å². The molecule has 194 valence electrons. The summed E-state index contributed by atoms with van der Waals surface area (Å²) in [6, 6.07) is 13.0. The van der Waals surface area contributed by atoms with Gasteiger partial charge in [-0.1, -0.05) is 18.2 Å². The molecule has 38 heavy (non-hydrogen) atoms. The number of rotatable bonds is 4. The Labute approximate surface area is 227 Å². The molecule has 0 aliphatic carbocycles. The van der Waals surface area contributed by atoms with Gasteiger partial charge in [0.1, 0.15) is 21.4 Å². The number of carbonyl (C=O) groups is 3. The Morgan fingerprint density at radius 1 is 1.16 bits per heavy atom. The Balaban J connectivity index is 1.21. The van der Waals surface area contributed by atoms with E-state index >= 15 is 0 Å². The summed E-state index contributed by atoms with van der Waals surface area (Å²) >= 11 is 2.92. The van der Waals surface area contributed by atoms with Crippen molar-refractivity contribution in [1.29, 1.82) is 0 Å². The van der Waals surface area contributed by atoms with E-state index in [1.807, 2.05) is 54.8 Å². The number of benzene rings is 2. The summed E-state index contributed by atoms with van der Waals surface area (Å²) in [5, 5.41) is 9.73. The van der Waals surface area contributed by atoms with Crippen molar-refractivity contribution >= 4 is 55.5 Å². The number of carbonyl (C=O) groups excluding carboxylic acids is 3. The van der Waals surface area contributed by atoms with Crippen molar-refractivity contribution in [3.05, 3.63) is 65.2 Å². The van der Waals surface area contributed by atoms with Crippen LogP contribution in [-0.2, 0) is 0 Å². The number of thiazole rings is 1. The van der Waals surface area contributed by atoms with E-state index in [1.165, 1.54) is 22.7 Å². The van der Waals surface area contributed by atoms with Gasteiger partial charge in [-0.3, -0.25) is 14.9 Å². The first kappa shape index (κ1) is 24.6. The van der Waals surface area contributed by atoms with Crippen LogP contribution in [0.2, 0.25) is 0 Å². The van der Waals surface area contributed by atoms with Gasteiger partial charge in [-0.15, -0.1) is 22.7 Å². The van der Waals surface area contributed by atoms with E-state index < -0.39 is 5.60 Å². The summed E-state index contributed by atoms with van der Waals surface area (Å²) in [6.07, 6.45) is 3.15. The second kappa shape index (κ2) is 9.85. The van der Waals surface area contributed by atoms with Crippen molar-refractivity contribution in [3.8, 4) is 16.3 Å². The van der Waals surface area contributed by atoms with Crippen molar-refractivity contribution in [2.75, 3.05) is 25.0 Å². The summed E-state index contributed by atoms with van der Waals surface area (Å²) in [6.45, 7) is 3.26. The van der Waals surface area contributed by atoms with Gasteiger partial charge in [-0.05, 0) is 31.2 Å². The Kier molecular flexibility index (Phi) is 6.37. The standard InChI is InChI=1S/C28H26N4O4S2/c1-2-29-27(35)31-25-23(18-5-3-4-6-22(18)38-25)26(34)32-12-9-28(10-13-32)16-20(33)19-15-17(7-8-21(19)36-28)24-30-11-14-37-24/h3-8,11,14-15H,2,9-10,12-13,16H2,1H3,(H2,29,31,35). The van der Waals surface area contributed by atoms with E-state index in [0.29, 0.717) is 54.4 Å². The maximum atomic E-state index is 13.8. The minimum absolute atomic E-state index is 0.0571. The summed E-state index contributed by atoms with van der Waals surface area (Å²) < 4.78 is 7.39. The first-order valence-corrected chi connectivity index (χ1v) is 14.3. The van der Waals surface area contributed by atoms with Crippen LogP contribution in [0.1, 0.15) is 46.9 Å². The molecule has 2 aromatic heterocycles. The van der Waals surface area contributed by atoms with Crippen molar-refractivity contribution in [2.24, 2.45) is 0 Å². The van der Waals surface area contributed by atoms with Gasteiger partial charge in [0.2, 0.25) is 0 Å². The molecule has 0 radical (unpaired) electrons. The smallest absolute Gasteiger partial charge is 0.319 e. The Bertz CT molecular complexity index is 1540. The van der Waals surface area contributed by atoms with Crippen LogP contribution in [-0.4, -0.2) is 52.8 Å². The average molecular weight is 547 g/mol. The number of hydrogen-bond acceptors (Lipinski definition) is 7. The molecule has 6 rings (SSSR count). The number of urea groups is 1. The molecule has 2 aliphatic rings. The van der Waals surface area contributed by atoms with Gasteiger partial charge in [0, 0.05) is 59.7 Å². The van der Waals surface area contributed by atoms with Crippen LogP contribution < -0.4 is 15.4 Å². The lowest BCUT2D eigenvalue weighted by molar-refractivity contribution is -0.00561. The van der Waals surface area contributed by atoms with E-state index in [9.17, 15) is 14.4 Å². The molecule has 1 fully saturated rings. The van der Waals surface area contributed by atoms with Gasteiger partial charge in [-0.25, -0.2) is 9.78 Å². The SMILES string of the molecule is CCNC(=O)Nc1sc2ccccc2c1C(=O)N1CCC2(CC1)CC(=O)c1cc(-c3nccs3)ccc1O2. The second-order valence-electron chi connectivity index (χ2n) is 9.51. The van der Waals surface area contributed by atoms with Crippen molar-refractivity contribution < 1.29 is 19.1 Å². The van der Waals surface area contributed by atoms with E-state index in [4.69, 9.17) is 4.74 Å². The van der Waals surface area contributed by atoms with Crippen LogP contribution in [0.15, 0.2) is 54.0 Å². The monoisotopic (exact) mass is 546 g/mol. The topological polar surface area (TPSA) is 101 Å². The highest BCUT2D eigenvalue weighted by Crippen LogP contribution is 2.42. The molecule has 0 atom stereocenters. The number of ether oxygens (including phenoxy) is 1. The van der Waals surface area contributed by atoms with Crippen LogP contribution in [0.25, 0.3) is 20.7 Å². The van der Waals surface area contributed by atoms with Crippen molar-refractivity contribution in [3.63, 3.8) is 0 Å². The zero-order valence-corrected chi connectivity index (χ0v) is 22.4. The molecule has 4 heterocycles. The first-order chi connectivity index (χ1) is 18.5. The predicted molar refractivity (Wildman–Crippen MR) is 150 cm³/mol. The summed E-state index contributed by atoms with van der Waals surface area (Å²) in [5.41, 5.74) is 1.38. The zero-order valence-electron chi connectivity index (χ0n) is 20.8. The first-order valence-electron chi connectivity index (χ1n) is 12.6. The Hall–Kier alpha value is -3.76. The lowest BCUT2D eigenvalue weighted by Crippen LogP contribution is -2.52. The number of hydrogen-bond donors (Lipinski definition) is 2. The molecule has 4 aromatic rings. The number of nitrogens with zero attached hydrogens (tertiary/aromatic N) is 2. The van der Waals surface area contributed by atoms with Crippen LogP contribution in [0.4, 0.5) is 9.80 Å². The van der Waals surface area contributed by atoms with Crippen molar-refractivity contribution in [2.45, 2.75) is 31.8 Å².